The van der Waals surface area contributed by atoms with Gasteiger partial charge in [-0.1, -0.05) is 11.6 Å². The first-order chi connectivity index (χ1) is 12.5. The fourth-order valence-corrected chi connectivity index (χ4v) is 2.96. The van der Waals surface area contributed by atoms with Crippen LogP contribution in [0.1, 0.15) is 25.6 Å². The number of aromatic nitrogens is 3. The van der Waals surface area contributed by atoms with Gasteiger partial charge in [0.15, 0.2) is 6.23 Å². The monoisotopic (exact) mass is 359 g/mol. The number of fused-ring (bicyclic) bond motifs is 1. The summed E-state index contributed by atoms with van der Waals surface area (Å²) in [6, 6.07) is 2.10. The van der Waals surface area contributed by atoms with E-state index >= 15 is 0 Å². The van der Waals surface area contributed by atoms with Crippen molar-refractivity contribution >= 4 is 16.9 Å². The average Bonchev–Trinajstić information content (AvgIpc) is 3.13. The van der Waals surface area contributed by atoms with Gasteiger partial charge in [-0.2, -0.15) is 5.26 Å². The molecule has 0 aromatic carbocycles. The molecule has 4 atom stereocenters. The van der Waals surface area contributed by atoms with Gasteiger partial charge in [0.2, 0.25) is 0 Å². The van der Waals surface area contributed by atoms with Crippen molar-refractivity contribution in [3.63, 3.8) is 0 Å². The van der Waals surface area contributed by atoms with Crippen LogP contribution >= 0.6 is 0 Å². The molecule has 4 N–H and O–H groups in total. The van der Waals surface area contributed by atoms with E-state index in [-0.39, 0.29) is 0 Å². The van der Waals surface area contributed by atoms with Gasteiger partial charge >= 0.3 is 0 Å². The third kappa shape index (κ3) is 3.15. The van der Waals surface area contributed by atoms with Crippen LogP contribution in [0.15, 0.2) is 24.2 Å². The summed E-state index contributed by atoms with van der Waals surface area (Å²) in [5.41, 5.74) is 1.86. The molecule has 1 fully saturated rings. The maximum absolute atomic E-state index is 10.3. The van der Waals surface area contributed by atoms with Crippen LogP contribution in [0, 0.1) is 11.3 Å². The normalized spacial score (nSPS) is 25.2. The predicted molar refractivity (Wildman–Crippen MR) is 93.2 cm³/mol. The Balaban J connectivity index is 2.04. The van der Waals surface area contributed by atoms with Gasteiger partial charge in [-0.15, -0.1) is 0 Å². The Morgan fingerprint density at radius 3 is 2.77 bits per heavy atom. The third-order valence-electron chi connectivity index (χ3n) is 4.30. The Kier molecular flexibility index (Phi) is 5.20. The smallest absolute Gasteiger partial charge is 0.164 e. The maximum Gasteiger partial charge on any atom is 0.164 e. The van der Waals surface area contributed by atoms with E-state index in [1.165, 1.54) is 17.1 Å². The van der Waals surface area contributed by atoms with Crippen LogP contribution < -0.4 is 5.32 Å². The molecule has 9 heteroatoms. The zero-order chi connectivity index (χ0) is 18.8. The van der Waals surface area contributed by atoms with E-state index in [0.29, 0.717) is 29.0 Å². The lowest BCUT2D eigenvalue weighted by Gasteiger charge is -2.17. The van der Waals surface area contributed by atoms with Crippen LogP contribution in [-0.2, 0) is 4.74 Å². The molecule has 2 aromatic rings. The highest BCUT2D eigenvalue weighted by atomic mass is 16.6. The lowest BCUT2D eigenvalue weighted by molar-refractivity contribution is -0.0508. The van der Waals surface area contributed by atoms with Gasteiger partial charge in [0.25, 0.3) is 0 Å². The second-order valence-corrected chi connectivity index (χ2v) is 6.37. The number of ether oxygens (including phenoxy) is 1. The highest BCUT2D eigenvalue weighted by molar-refractivity contribution is 5.93. The minimum Gasteiger partial charge on any atom is -0.394 e. The Labute approximate surface area is 150 Å². The molecule has 138 valence electrons. The Morgan fingerprint density at radius 1 is 1.38 bits per heavy atom. The van der Waals surface area contributed by atoms with E-state index < -0.39 is 31.1 Å². The summed E-state index contributed by atoms with van der Waals surface area (Å²) >= 11 is 0. The molecule has 0 radical (unpaired) electrons. The summed E-state index contributed by atoms with van der Waals surface area (Å²) in [5, 5.41) is 42.7. The molecule has 26 heavy (non-hydrogen) atoms. The number of nitrogens with one attached hydrogen (secondary N) is 1. The number of hydrogen-bond acceptors (Lipinski definition) is 8. The van der Waals surface area contributed by atoms with E-state index in [1.807, 2.05) is 19.9 Å². The Bertz CT molecular complexity index is 868. The third-order valence-corrected chi connectivity index (χ3v) is 4.30. The SMILES string of the molecule is CC(C)=CCNc1ncnc2c1c(C#N)cn2[C@@H]1O[C@@H](CO)[C@@H](O)[C@H]1O. The highest BCUT2D eigenvalue weighted by Crippen LogP contribution is 2.34. The first-order valence-corrected chi connectivity index (χ1v) is 8.23. The summed E-state index contributed by atoms with van der Waals surface area (Å²) in [5.74, 6) is 0.495. The molecule has 0 saturated carbocycles. The van der Waals surface area contributed by atoms with Gasteiger partial charge in [0.05, 0.1) is 17.6 Å². The fraction of sp³-hybridized carbons (Fsp3) is 0.471. The van der Waals surface area contributed by atoms with Crippen molar-refractivity contribution in [3.8, 4) is 6.07 Å². The molecule has 1 saturated heterocycles. The molecule has 2 aromatic heterocycles. The fourth-order valence-electron chi connectivity index (χ4n) is 2.96. The second-order valence-electron chi connectivity index (χ2n) is 6.37. The summed E-state index contributed by atoms with van der Waals surface area (Å²) < 4.78 is 7.04. The van der Waals surface area contributed by atoms with Crippen LogP contribution in [0.4, 0.5) is 5.82 Å². The van der Waals surface area contributed by atoms with Gasteiger partial charge in [-0.3, -0.25) is 0 Å². The summed E-state index contributed by atoms with van der Waals surface area (Å²) in [4.78, 5) is 8.43. The minimum absolute atomic E-state index is 0.318. The van der Waals surface area contributed by atoms with Crippen molar-refractivity contribution in [1.82, 2.24) is 14.5 Å². The van der Waals surface area contributed by atoms with Crippen molar-refractivity contribution in [2.24, 2.45) is 0 Å². The predicted octanol–water partition coefficient (Wildman–Crippen LogP) is 0.293. The van der Waals surface area contributed by atoms with Gasteiger partial charge in [-0.05, 0) is 13.8 Å². The molecule has 0 unspecified atom stereocenters. The van der Waals surface area contributed by atoms with Crippen LogP contribution in [0.3, 0.4) is 0 Å². The molecule has 0 aliphatic carbocycles. The van der Waals surface area contributed by atoms with E-state index in [4.69, 9.17) is 4.74 Å². The van der Waals surface area contributed by atoms with Crippen molar-refractivity contribution in [1.29, 1.82) is 5.26 Å². The molecule has 0 bridgehead atoms. The van der Waals surface area contributed by atoms with E-state index in [1.54, 1.807) is 0 Å². The van der Waals surface area contributed by atoms with Gasteiger partial charge in [0.1, 0.15) is 42.2 Å². The van der Waals surface area contributed by atoms with Crippen LogP contribution in [0.2, 0.25) is 0 Å². The van der Waals surface area contributed by atoms with Crippen molar-refractivity contribution in [2.45, 2.75) is 38.4 Å². The first kappa shape index (κ1) is 18.3. The summed E-state index contributed by atoms with van der Waals surface area (Å²) in [6.07, 6.45) is 0.486. The maximum atomic E-state index is 10.3. The number of allylic oxidation sites excluding steroid dienone is 1. The molecular formula is C17H21N5O4. The van der Waals surface area contributed by atoms with E-state index in [9.17, 15) is 20.6 Å². The summed E-state index contributed by atoms with van der Waals surface area (Å²) in [7, 11) is 0. The number of nitrogens with zero attached hydrogens (tertiary/aromatic N) is 4. The molecule has 0 spiro atoms. The Hall–Kier alpha value is -2.51. The quantitative estimate of drug-likeness (QED) is 0.559. The number of aliphatic hydroxyl groups is 3. The number of aliphatic hydroxyl groups excluding tert-OH is 3. The molecular weight excluding hydrogens is 338 g/mol. The Morgan fingerprint density at radius 2 is 2.15 bits per heavy atom. The zero-order valence-corrected chi connectivity index (χ0v) is 14.5. The lowest BCUT2D eigenvalue weighted by atomic mass is 10.1. The molecule has 9 nitrogen and oxygen atoms in total. The van der Waals surface area contributed by atoms with Crippen molar-refractivity contribution in [3.05, 3.63) is 29.7 Å². The summed E-state index contributed by atoms with van der Waals surface area (Å²) in [6.45, 7) is 4.08. The van der Waals surface area contributed by atoms with Crippen molar-refractivity contribution < 1.29 is 20.1 Å². The lowest BCUT2D eigenvalue weighted by Crippen LogP contribution is -2.33. The molecule has 3 heterocycles. The van der Waals surface area contributed by atoms with E-state index in [2.05, 4.69) is 21.4 Å². The van der Waals surface area contributed by atoms with Crippen LogP contribution in [0.25, 0.3) is 11.0 Å². The number of anilines is 1. The van der Waals surface area contributed by atoms with Crippen molar-refractivity contribution in [2.75, 3.05) is 18.5 Å². The highest BCUT2D eigenvalue weighted by Gasteiger charge is 2.44. The standard InChI is InChI=1S/C17H21N5O4/c1-9(2)3-4-19-15-12-10(5-18)6-22(16(12)21-8-20-15)17-14(25)13(24)11(7-23)26-17/h3,6,8,11,13-14,17,23-25H,4,7H2,1-2H3,(H,19,20,21)/t11-,13+,14+,17+/m0/s1. The van der Waals surface area contributed by atoms with Gasteiger partial charge in [-0.25, -0.2) is 9.97 Å². The number of nitriles is 1. The van der Waals surface area contributed by atoms with Gasteiger partial charge < -0.3 is 29.9 Å². The largest absolute Gasteiger partial charge is 0.394 e. The molecule has 3 rings (SSSR count). The number of rotatable bonds is 5. The van der Waals surface area contributed by atoms with Crippen LogP contribution in [0.5, 0.6) is 0 Å². The second kappa shape index (κ2) is 7.39. The molecule has 1 aliphatic heterocycles. The average molecular weight is 359 g/mol. The molecule has 0 amide bonds. The topological polar surface area (TPSA) is 136 Å². The van der Waals surface area contributed by atoms with Gasteiger partial charge in [0, 0.05) is 12.7 Å². The van der Waals surface area contributed by atoms with E-state index in [0.717, 1.165) is 5.57 Å². The molecule has 1 aliphatic rings. The zero-order valence-electron chi connectivity index (χ0n) is 14.5. The first-order valence-electron chi connectivity index (χ1n) is 8.23. The van der Waals surface area contributed by atoms with Crippen LogP contribution in [-0.4, -0.2) is 61.3 Å². The number of hydrogen-bond donors (Lipinski definition) is 4. The minimum atomic E-state index is -1.26.